The minimum absolute atomic E-state index is 0.134. The molecule has 2 aromatic rings. The number of nitrogens with one attached hydrogen (secondary N) is 1. The van der Waals surface area contributed by atoms with Gasteiger partial charge >= 0.3 is 5.97 Å². The van der Waals surface area contributed by atoms with Crippen molar-refractivity contribution in [3.05, 3.63) is 47.5 Å². The maximum atomic E-state index is 12.4. The van der Waals surface area contributed by atoms with Crippen LogP contribution < -0.4 is 24.3 Å². The summed E-state index contributed by atoms with van der Waals surface area (Å²) >= 11 is 0. The van der Waals surface area contributed by atoms with Crippen LogP contribution in [0.5, 0.6) is 23.0 Å². The highest BCUT2D eigenvalue weighted by molar-refractivity contribution is 6.07. The van der Waals surface area contributed by atoms with Crippen molar-refractivity contribution in [2.24, 2.45) is 0 Å². The Balaban J connectivity index is 2.30. The smallest absolute Gasteiger partial charge is 0.340 e. The number of anilines is 1. The molecule has 0 heterocycles. The molecular formula is C21H23NO7. The normalized spacial score (nSPS) is 10.4. The van der Waals surface area contributed by atoms with Crippen molar-refractivity contribution in [3.8, 4) is 23.0 Å². The van der Waals surface area contributed by atoms with Crippen LogP contribution in [0.4, 0.5) is 5.69 Å². The SMILES string of the molecule is COC(=O)c1cc(OC)c(OC)cc1NC(=O)/C=C/c1cc(OC)cc(OC)c1. The van der Waals surface area contributed by atoms with E-state index in [1.807, 2.05) is 0 Å². The summed E-state index contributed by atoms with van der Waals surface area (Å²) in [4.78, 5) is 24.5. The Hall–Kier alpha value is -3.68. The quantitative estimate of drug-likeness (QED) is 0.536. The summed E-state index contributed by atoms with van der Waals surface area (Å²) in [7, 11) is 7.24. The first-order valence-corrected chi connectivity index (χ1v) is 8.52. The highest BCUT2D eigenvalue weighted by Crippen LogP contribution is 2.33. The predicted molar refractivity (Wildman–Crippen MR) is 108 cm³/mol. The number of amides is 1. The zero-order chi connectivity index (χ0) is 21.4. The Morgan fingerprint density at radius 2 is 1.38 bits per heavy atom. The molecule has 0 saturated carbocycles. The molecule has 29 heavy (non-hydrogen) atoms. The second kappa shape index (κ2) is 10.0. The van der Waals surface area contributed by atoms with Crippen LogP contribution in [0, 0.1) is 0 Å². The molecule has 0 radical (unpaired) electrons. The summed E-state index contributed by atoms with van der Waals surface area (Å²) in [5.41, 5.74) is 1.07. The minimum Gasteiger partial charge on any atom is -0.497 e. The second-order valence-corrected chi connectivity index (χ2v) is 5.71. The highest BCUT2D eigenvalue weighted by Gasteiger charge is 2.18. The molecule has 0 unspecified atom stereocenters. The lowest BCUT2D eigenvalue weighted by molar-refractivity contribution is -0.111. The summed E-state index contributed by atoms with van der Waals surface area (Å²) in [6.45, 7) is 0. The van der Waals surface area contributed by atoms with Crippen LogP contribution >= 0.6 is 0 Å². The van der Waals surface area contributed by atoms with Crippen LogP contribution in [0.2, 0.25) is 0 Å². The van der Waals surface area contributed by atoms with Gasteiger partial charge in [0, 0.05) is 24.3 Å². The monoisotopic (exact) mass is 401 g/mol. The summed E-state index contributed by atoms with van der Waals surface area (Å²) < 4.78 is 25.6. The van der Waals surface area contributed by atoms with E-state index in [1.165, 1.54) is 39.5 Å². The maximum Gasteiger partial charge on any atom is 0.340 e. The van der Waals surface area contributed by atoms with Crippen LogP contribution in [0.15, 0.2) is 36.4 Å². The molecule has 0 fully saturated rings. The van der Waals surface area contributed by atoms with Crippen LogP contribution in [0.25, 0.3) is 6.08 Å². The van der Waals surface area contributed by atoms with Crippen molar-refractivity contribution in [2.45, 2.75) is 0 Å². The molecule has 0 saturated heterocycles. The Labute approximate surface area is 169 Å². The number of carbonyl (C=O) groups excluding carboxylic acids is 2. The van der Waals surface area contributed by atoms with Gasteiger partial charge in [0.25, 0.3) is 0 Å². The van der Waals surface area contributed by atoms with E-state index in [4.69, 9.17) is 23.7 Å². The third-order valence-corrected chi connectivity index (χ3v) is 3.99. The second-order valence-electron chi connectivity index (χ2n) is 5.71. The Morgan fingerprint density at radius 1 is 0.793 bits per heavy atom. The van der Waals surface area contributed by atoms with Crippen molar-refractivity contribution < 1.29 is 33.3 Å². The van der Waals surface area contributed by atoms with Gasteiger partial charge in [-0.25, -0.2) is 4.79 Å². The van der Waals surface area contributed by atoms with Crippen molar-refractivity contribution in [1.29, 1.82) is 0 Å². The van der Waals surface area contributed by atoms with Crippen LogP contribution in [-0.2, 0) is 9.53 Å². The molecule has 0 aliphatic carbocycles. The molecule has 154 valence electrons. The van der Waals surface area contributed by atoms with E-state index in [0.29, 0.717) is 28.6 Å². The Kier molecular flexibility index (Phi) is 7.47. The molecule has 2 rings (SSSR count). The average Bonchev–Trinajstić information content (AvgIpc) is 2.76. The summed E-state index contributed by atoms with van der Waals surface area (Å²) in [6, 6.07) is 8.16. The van der Waals surface area contributed by atoms with E-state index < -0.39 is 11.9 Å². The van der Waals surface area contributed by atoms with Gasteiger partial charge in [0.05, 0.1) is 46.8 Å². The van der Waals surface area contributed by atoms with E-state index in [9.17, 15) is 9.59 Å². The fourth-order valence-electron chi connectivity index (χ4n) is 2.53. The van der Waals surface area contributed by atoms with Crippen molar-refractivity contribution >= 4 is 23.6 Å². The van der Waals surface area contributed by atoms with Crippen LogP contribution in [0.1, 0.15) is 15.9 Å². The van der Waals surface area contributed by atoms with E-state index in [-0.39, 0.29) is 11.3 Å². The lowest BCUT2D eigenvalue weighted by Gasteiger charge is -2.14. The Morgan fingerprint density at radius 3 is 1.90 bits per heavy atom. The van der Waals surface area contributed by atoms with Gasteiger partial charge in [0.2, 0.25) is 5.91 Å². The van der Waals surface area contributed by atoms with Crippen LogP contribution in [0.3, 0.4) is 0 Å². The molecule has 0 spiro atoms. The average molecular weight is 401 g/mol. The molecule has 8 nitrogen and oxygen atoms in total. The first-order chi connectivity index (χ1) is 13.9. The topological polar surface area (TPSA) is 92.3 Å². The van der Waals surface area contributed by atoms with Gasteiger partial charge in [-0.2, -0.15) is 0 Å². The number of benzene rings is 2. The summed E-state index contributed by atoms with van der Waals surface area (Å²) in [5.74, 6) is 0.809. The highest BCUT2D eigenvalue weighted by atomic mass is 16.5. The Bertz CT molecular complexity index is 899. The fourth-order valence-corrected chi connectivity index (χ4v) is 2.53. The number of carbonyl (C=O) groups is 2. The van der Waals surface area contributed by atoms with E-state index >= 15 is 0 Å². The molecule has 0 aromatic heterocycles. The lowest BCUT2D eigenvalue weighted by atomic mass is 10.1. The molecule has 1 amide bonds. The summed E-state index contributed by atoms with van der Waals surface area (Å²) in [5, 5.41) is 2.65. The minimum atomic E-state index is -0.622. The third kappa shape index (κ3) is 5.41. The predicted octanol–water partition coefficient (Wildman–Crippen LogP) is 3.16. The number of esters is 1. The largest absolute Gasteiger partial charge is 0.497 e. The fraction of sp³-hybridized carbons (Fsp3) is 0.238. The number of rotatable bonds is 8. The van der Waals surface area contributed by atoms with Gasteiger partial charge in [0.15, 0.2) is 11.5 Å². The third-order valence-electron chi connectivity index (χ3n) is 3.99. The zero-order valence-electron chi connectivity index (χ0n) is 16.9. The van der Waals surface area contributed by atoms with Gasteiger partial charge < -0.3 is 29.0 Å². The van der Waals surface area contributed by atoms with Crippen LogP contribution in [-0.4, -0.2) is 47.4 Å². The standard InChI is InChI=1S/C21H23NO7/c1-25-14-8-13(9-15(10-14)26-2)6-7-20(23)22-17-12-19(28-4)18(27-3)11-16(17)21(24)29-5/h6-12H,1-5H3,(H,22,23)/b7-6+. The number of hydrogen-bond acceptors (Lipinski definition) is 7. The number of ether oxygens (including phenoxy) is 5. The lowest BCUT2D eigenvalue weighted by Crippen LogP contribution is -2.13. The first-order valence-electron chi connectivity index (χ1n) is 8.52. The van der Waals surface area contributed by atoms with Crippen molar-refractivity contribution in [3.63, 3.8) is 0 Å². The van der Waals surface area contributed by atoms with E-state index in [0.717, 1.165) is 0 Å². The van der Waals surface area contributed by atoms with Gasteiger partial charge in [-0.3, -0.25) is 4.79 Å². The molecule has 1 N–H and O–H groups in total. The number of methoxy groups -OCH3 is 5. The molecule has 0 aliphatic rings. The van der Waals surface area contributed by atoms with Gasteiger partial charge in [-0.1, -0.05) is 0 Å². The van der Waals surface area contributed by atoms with Gasteiger partial charge in [-0.05, 0) is 23.8 Å². The van der Waals surface area contributed by atoms with Gasteiger partial charge in [-0.15, -0.1) is 0 Å². The van der Waals surface area contributed by atoms with Gasteiger partial charge in [0.1, 0.15) is 11.5 Å². The number of hydrogen-bond donors (Lipinski definition) is 1. The van der Waals surface area contributed by atoms with E-state index in [1.54, 1.807) is 38.5 Å². The zero-order valence-corrected chi connectivity index (χ0v) is 16.9. The molecule has 0 aliphatic heterocycles. The van der Waals surface area contributed by atoms with E-state index in [2.05, 4.69) is 5.32 Å². The summed E-state index contributed by atoms with van der Waals surface area (Å²) in [6.07, 6.45) is 2.92. The molecular weight excluding hydrogens is 378 g/mol. The maximum absolute atomic E-state index is 12.4. The van der Waals surface area contributed by atoms with Crippen molar-refractivity contribution in [2.75, 3.05) is 40.9 Å². The molecule has 0 bridgehead atoms. The molecule has 8 heteroatoms. The van der Waals surface area contributed by atoms with Crippen molar-refractivity contribution in [1.82, 2.24) is 0 Å². The molecule has 0 atom stereocenters. The molecule has 2 aromatic carbocycles. The first kappa shape index (κ1) is 21.6.